The molecule has 0 heterocycles. The Morgan fingerprint density at radius 1 is 0.328 bits per heavy atom. The summed E-state index contributed by atoms with van der Waals surface area (Å²) in [7, 11) is 0. The summed E-state index contributed by atoms with van der Waals surface area (Å²) in [5.74, 6) is -0.878. The Labute approximate surface area is 397 Å². The lowest BCUT2D eigenvalue weighted by Gasteiger charge is -2.18. The predicted molar refractivity (Wildman–Crippen MR) is 275 cm³/mol. The molecule has 0 aliphatic carbocycles. The zero-order valence-corrected chi connectivity index (χ0v) is 42.6. The van der Waals surface area contributed by atoms with Crippen LogP contribution in [0, 0.1) is 0 Å². The van der Waals surface area contributed by atoms with Gasteiger partial charge in [0.05, 0.1) is 0 Å². The first-order valence-electron chi connectivity index (χ1n) is 27.6. The molecule has 1 unspecified atom stereocenters. The van der Waals surface area contributed by atoms with Crippen molar-refractivity contribution < 1.29 is 28.6 Å². The molecule has 6 nitrogen and oxygen atoms in total. The molecule has 0 spiro atoms. The normalized spacial score (nSPS) is 12.4. The predicted octanol–water partition coefficient (Wildman–Crippen LogP) is 18.3. The van der Waals surface area contributed by atoms with E-state index in [0.717, 1.165) is 83.5 Å². The minimum Gasteiger partial charge on any atom is -0.462 e. The van der Waals surface area contributed by atoms with E-state index >= 15 is 0 Å². The molecule has 1 atom stereocenters. The molecule has 0 fully saturated rings. The molecule has 6 heteroatoms. The van der Waals surface area contributed by atoms with E-state index in [2.05, 4.69) is 69.4 Å². The fourth-order valence-electron chi connectivity index (χ4n) is 7.92. The summed E-state index contributed by atoms with van der Waals surface area (Å²) in [6.45, 7) is 6.53. The first-order chi connectivity index (χ1) is 31.5. The molecule has 0 amide bonds. The number of carbonyl (C=O) groups is 3. The van der Waals surface area contributed by atoms with Crippen molar-refractivity contribution in [1.82, 2.24) is 0 Å². The van der Waals surface area contributed by atoms with Gasteiger partial charge in [0.15, 0.2) is 6.10 Å². The SMILES string of the molecule is CC/C=C\C/C=C\C/C=C\CCCCCCCCCC(=O)OC(COC(=O)CCCCCCCCCCCC)COC(=O)CCCCCCCCCCC/C=C\CCCCCCCC. The van der Waals surface area contributed by atoms with Gasteiger partial charge >= 0.3 is 17.9 Å². The molecule has 0 aromatic carbocycles. The molecule has 0 N–H and O–H groups in total. The van der Waals surface area contributed by atoms with Crippen LogP contribution in [0.4, 0.5) is 0 Å². The molecule has 0 rings (SSSR count). The summed E-state index contributed by atoms with van der Waals surface area (Å²) in [4.78, 5) is 38.0. The van der Waals surface area contributed by atoms with Crippen LogP contribution in [0.5, 0.6) is 0 Å². The van der Waals surface area contributed by atoms with Gasteiger partial charge in [0, 0.05) is 19.3 Å². The van der Waals surface area contributed by atoms with Crippen molar-refractivity contribution in [3.05, 3.63) is 48.6 Å². The van der Waals surface area contributed by atoms with Crippen LogP contribution in [0.25, 0.3) is 0 Å². The smallest absolute Gasteiger partial charge is 0.306 e. The summed E-state index contributed by atoms with van der Waals surface area (Å²) in [6, 6.07) is 0. The standard InChI is InChI=1S/C58H104O6/c1-4-7-10-13-16-19-22-24-26-28-29-31-32-34-36-39-42-45-48-51-57(60)63-54-55(53-62-56(59)50-47-44-41-38-21-18-15-12-9-6-3)64-58(61)52-49-46-43-40-37-35-33-30-27-25-23-20-17-14-11-8-5-2/h8,11,17,20,24-27,55H,4-7,9-10,12-16,18-19,21-23,28-54H2,1-3H3/b11-8-,20-17-,26-24-,27-25-. The van der Waals surface area contributed by atoms with E-state index in [0.29, 0.717) is 19.3 Å². The van der Waals surface area contributed by atoms with Crippen LogP contribution in [0.1, 0.15) is 284 Å². The lowest BCUT2D eigenvalue weighted by atomic mass is 10.1. The van der Waals surface area contributed by atoms with Crippen LogP contribution in [0.2, 0.25) is 0 Å². The molecule has 0 bridgehead atoms. The van der Waals surface area contributed by atoms with Crippen molar-refractivity contribution in [2.24, 2.45) is 0 Å². The van der Waals surface area contributed by atoms with Crippen molar-refractivity contribution in [2.45, 2.75) is 290 Å². The maximum atomic E-state index is 12.8. The van der Waals surface area contributed by atoms with Crippen molar-refractivity contribution in [2.75, 3.05) is 13.2 Å². The Morgan fingerprint density at radius 2 is 0.609 bits per heavy atom. The van der Waals surface area contributed by atoms with E-state index in [9.17, 15) is 14.4 Å². The summed E-state index contributed by atoms with van der Waals surface area (Å²) in [5, 5.41) is 0. The zero-order valence-electron chi connectivity index (χ0n) is 42.6. The number of unbranched alkanes of at least 4 members (excludes halogenated alkanes) is 31. The summed E-state index contributed by atoms with van der Waals surface area (Å²) in [6.07, 6.45) is 63.8. The van der Waals surface area contributed by atoms with Crippen LogP contribution >= 0.6 is 0 Å². The molecule has 0 saturated carbocycles. The number of rotatable bonds is 50. The third-order valence-electron chi connectivity index (χ3n) is 12.1. The molecule has 0 aromatic heterocycles. The van der Waals surface area contributed by atoms with E-state index in [4.69, 9.17) is 14.2 Å². The van der Waals surface area contributed by atoms with Crippen LogP contribution in [0.15, 0.2) is 48.6 Å². The van der Waals surface area contributed by atoms with E-state index < -0.39 is 6.10 Å². The topological polar surface area (TPSA) is 78.9 Å². The molecule has 64 heavy (non-hydrogen) atoms. The van der Waals surface area contributed by atoms with Gasteiger partial charge in [0.1, 0.15) is 13.2 Å². The average Bonchev–Trinajstić information content (AvgIpc) is 3.29. The molecule has 0 saturated heterocycles. The Kier molecular flexibility index (Phi) is 50.8. The Morgan fingerprint density at radius 3 is 0.969 bits per heavy atom. The molecule has 0 aliphatic heterocycles. The summed E-state index contributed by atoms with van der Waals surface area (Å²) >= 11 is 0. The van der Waals surface area contributed by atoms with E-state index in [-0.39, 0.29) is 31.1 Å². The van der Waals surface area contributed by atoms with Gasteiger partial charge in [-0.15, -0.1) is 0 Å². The Bertz CT molecular complexity index is 1120. The fourth-order valence-corrected chi connectivity index (χ4v) is 7.92. The minimum absolute atomic E-state index is 0.0753. The first-order valence-corrected chi connectivity index (χ1v) is 27.6. The van der Waals surface area contributed by atoms with E-state index in [1.54, 1.807) is 0 Å². The van der Waals surface area contributed by atoms with Gasteiger partial charge in [-0.25, -0.2) is 0 Å². The highest BCUT2D eigenvalue weighted by molar-refractivity contribution is 5.71. The Balaban J connectivity index is 4.31. The van der Waals surface area contributed by atoms with Crippen LogP contribution in [0.3, 0.4) is 0 Å². The number of allylic oxidation sites excluding steroid dienone is 8. The summed E-state index contributed by atoms with van der Waals surface area (Å²) < 4.78 is 16.8. The van der Waals surface area contributed by atoms with Crippen molar-refractivity contribution in [3.8, 4) is 0 Å². The maximum absolute atomic E-state index is 12.8. The van der Waals surface area contributed by atoms with Crippen molar-refractivity contribution in [3.63, 3.8) is 0 Å². The van der Waals surface area contributed by atoms with Crippen molar-refractivity contribution in [1.29, 1.82) is 0 Å². The van der Waals surface area contributed by atoms with Crippen LogP contribution < -0.4 is 0 Å². The quantitative estimate of drug-likeness (QED) is 0.0262. The lowest BCUT2D eigenvalue weighted by molar-refractivity contribution is -0.167. The molecule has 372 valence electrons. The van der Waals surface area contributed by atoms with Crippen molar-refractivity contribution >= 4 is 17.9 Å². The van der Waals surface area contributed by atoms with Gasteiger partial charge in [0.2, 0.25) is 0 Å². The van der Waals surface area contributed by atoms with E-state index in [1.165, 1.54) is 161 Å². The first kappa shape index (κ1) is 61.4. The second-order valence-electron chi connectivity index (χ2n) is 18.5. The van der Waals surface area contributed by atoms with Gasteiger partial charge in [-0.3, -0.25) is 14.4 Å². The fraction of sp³-hybridized carbons (Fsp3) is 0.810. The van der Waals surface area contributed by atoms with Gasteiger partial charge < -0.3 is 14.2 Å². The highest BCUT2D eigenvalue weighted by Crippen LogP contribution is 2.16. The third-order valence-corrected chi connectivity index (χ3v) is 12.1. The zero-order chi connectivity index (χ0) is 46.5. The molecule has 0 aliphatic rings. The number of hydrogen-bond acceptors (Lipinski definition) is 6. The summed E-state index contributed by atoms with van der Waals surface area (Å²) in [5.41, 5.74) is 0. The second-order valence-corrected chi connectivity index (χ2v) is 18.5. The van der Waals surface area contributed by atoms with E-state index in [1.807, 2.05) is 0 Å². The van der Waals surface area contributed by atoms with Gasteiger partial charge in [0.25, 0.3) is 0 Å². The number of ether oxygens (including phenoxy) is 3. The third kappa shape index (κ3) is 50.4. The maximum Gasteiger partial charge on any atom is 0.306 e. The lowest BCUT2D eigenvalue weighted by Crippen LogP contribution is -2.30. The molecule has 0 radical (unpaired) electrons. The number of hydrogen-bond donors (Lipinski definition) is 0. The Hall–Kier alpha value is -2.63. The monoisotopic (exact) mass is 897 g/mol. The largest absolute Gasteiger partial charge is 0.462 e. The van der Waals surface area contributed by atoms with Gasteiger partial charge in [-0.2, -0.15) is 0 Å². The highest BCUT2D eigenvalue weighted by atomic mass is 16.6. The number of esters is 3. The van der Waals surface area contributed by atoms with Crippen LogP contribution in [-0.4, -0.2) is 37.2 Å². The highest BCUT2D eigenvalue weighted by Gasteiger charge is 2.19. The molecule has 0 aromatic rings. The molecular weight excluding hydrogens is 793 g/mol. The van der Waals surface area contributed by atoms with Gasteiger partial charge in [-0.05, 0) is 77.0 Å². The minimum atomic E-state index is -0.776. The van der Waals surface area contributed by atoms with Crippen LogP contribution in [-0.2, 0) is 28.6 Å². The second kappa shape index (κ2) is 53.0. The molecular formula is C58H104O6. The average molecular weight is 897 g/mol. The van der Waals surface area contributed by atoms with Gasteiger partial charge in [-0.1, -0.05) is 236 Å². The number of carbonyl (C=O) groups excluding carboxylic acids is 3.